The predicted molar refractivity (Wildman–Crippen MR) is 74.3 cm³/mol. The van der Waals surface area contributed by atoms with Crippen molar-refractivity contribution in [3.05, 3.63) is 29.0 Å². The number of aromatic nitrogens is 1. The Balaban J connectivity index is 1.80. The molecule has 19 heavy (non-hydrogen) atoms. The molecule has 1 aromatic heterocycles. The van der Waals surface area contributed by atoms with Crippen LogP contribution in [0.15, 0.2) is 18.5 Å². The Kier molecular flexibility index (Phi) is 3.46. The molecule has 0 spiro atoms. The number of halogens is 1. The first kappa shape index (κ1) is 12.9. The van der Waals surface area contributed by atoms with Gasteiger partial charge in [0.05, 0.1) is 10.6 Å². The van der Waals surface area contributed by atoms with Gasteiger partial charge in [0.25, 0.3) is 5.91 Å². The number of hydrogen-bond donors (Lipinski definition) is 0. The summed E-state index contributed by atoms with van der Waals surface area (Å²) in [5, 5.41) is 0.440. The van der Waals surface area contributed by atoms with Crippen LogP contribution in [0.4, 0.5) is 0 Å². The van der Waals surface area contributed by atoms with Gasteiger partial charge in [0, 0.05) is 37.6 Å². The van der Waals surface area contributed by atoms with Crippen LogP contribution in [0.25, 0.3) is 0 Å². The van der Waals surface area contributed by atoms with E-state index in [1.807, 2.05) is 4.90 Å². The van der Waals surface area contributed by atoms with Gasteiger partial charge in [-0.25, -0.2) is 0 Å². The van der Waals surface area contributed by atoms with E-state index in [2.05, 4.69) is 16.9 Å². The highest BCUT2D eigenvalue weighted by molar-refractivity contribution is 6.33. The number of likely N-dealkylation sites (N-methyl/N-ethyl adjacent to an activating group) is 1. The summed E-state index contributed by atoms with van der Waals surface area (Å²) in [5.74, 6) is 0.0355. The highest BCUT2D eigenvalue weighted by Crippen LogP contribution is 2.29. The van der Waals surface area contributed by atoms with Crippen LogP contribution in [-0.4, -0.2) is 52.9 Å². The molecule has 0 N–H and O–H groups in total. The number of rotatable bonds is 1. The Morgan fingerprint density at radius 3 is 2.95 bits per heavy atom. The van der Waals surface area contributed by atoms with E-state index in [0.717, 1.165) is 19.5 Å². The Labute approximate surface area is 118 Å². The molecule has 1 aromatic rings. The van der Waals surface area contributed by atoms with Gasteiger partial charge < -0.3 is 4.90 Å². The van der Waals surface area contributed by atoms with Gasteiger partial charge in [-0.3, -0.25) is 14.7 Å². The smallest absolute Gasteiger partial charge is 0.255 e. The van der Waals surface area contributed by atoms with Crippen LogP contribution in [0, 0.1) is 0 Å². The lowest BCUT2D eigenvalue weighted by Gasteiger charge is -2.26. The lowest BCUT2D eigenvalue weighted by Crippen LogP contribution is -2.39. The number of carbonyl (C=O) groups is 1. The molecular weight excluding hydrogens is 262 g/mol. The maximum absolute atomic E-state index is 12.6. The SMILES string of the molecule is CN1C2CCC1CN(C(=O)c1ccncc1Cl)CC2. The Morgan fingerprint density at radius 2 is 2.16 bits per heavy atom. The minimum atomic E-state index is 0.0355. The predicted octanol–water partition coefficient (Wildman–Crippen LogP) is 2.04. The van der Waals surface area contributed by atoms with Crippen LogP contribution in [-0.2, 0) is 0 Å². The van der Waals surface area contributed by atoms with Crippen molar-refractivity contribution in [1.82, 2.24) is 14.8 Å². The second-order valence-corrected chi connectivity index (χ2v) is 5.85. The van der Waals surface area contributed by atoms with Crippen LogP contribution in [0.5, 0.6) is 0 Å². The van der Waals surface area contributed by atoms with E-state index >= 15 is 0 Å². The summed E-state index contributed by atoms with van der Waals surface area (Å²) in [6.45, 7) is 1.63. The van der Waals surface area contributed by atoms with Gasteiger partial charge in [-0.15, -0.1) is 0 Å². The number of carbonyl (C=O) groups excluding carboxylic acids is 1. The Morgan fingerprint density at radius 1 is 1.37 bits per heavy atom. The van der Waals surface area contributed by atoms with E-state index in [0.29, 0.717) is 22.7 Å². The van der Waals surface area contributed by atoms with Crippen molar-refractivity contribution < 1.29 is 4.79 Å². The lowest BCUT2D eigenvalue weighted by molar-refractivity contribution is 0.0740. The van der Waals surface area contributed by atoms with E-state index in [9.17, 15) is 4.79 Å². The molecule has 0 aliphatic carbocycles. The molecule has 102 valence electrons. The summed E-state index contributed by atoms with van der Waals surface area (Å²) < 4.78 is 0. The molecule has 3 heterocycles. The van der Waals surface area contributed by atoms with Gasteiger partial charge in [0.15, 0.2) is 0 Å². The van der Waals surface area contributed by atoms with Crippen LogP contribution in [0.1, 0.15) is 29.6 Å². The Bertz CT molecular complexity index is 493. The Hall–Kier alpha value is -1.13. The van der Waals surface area contributed by atoms with Crippen LogP contribution in [0.3, 0.4) is 0 Å². The lowest BCUT2D eigenvalue weighted by atomic mass is 10.1. The molecule has 2 unspecified atom stereocenters. The molecule has 2 saturated heterocycles. The molecule has 2 fully saturated rings. The molecule has 4 nitrogen and oxygen atoms in total. The van der Waals surface area contributed by atoms with Crippen molar-refractivity contribution in [2.45, 2.75) is 31.3 Å². The normalized spacial score (nSPS) is 27.4. The number of likely N-dealkylation sites (tertiary alicyclic amines) is 1. The molecule has 0 saturated carbocycles. The van der Waals surface area contributed by atoms with Crippen LogP contribution >= 0.6 is 11.6 Å². The summed E-state index contributed by atoms with van der Waals surface area (Å²) in [7, 11) is 2.18. The number of amides is 1. The largest absolute Gasteiger partial charge is 0.337 e. The first-order valence-corrected chi connectivity index (χ1v) is 7.15. The quantitative estimate of drug-likeness (QED) is 0.789. The molecule has 2 atom stereocenters. The van der Waals surface area contributed by atoms with Crippen molar-refractivity contribution in [2.24, 2.45) is 0 Å². The van der Waals surface area contributed by atoms with Gasteiger partial charge >= 0.3 is 0 Å². The third kappa shape index (κ3) is 2.35. The third-order valence-corrected chi connectivity index (χ3v) is 4.74. The average molecular weight is 280 g/mol. The number of hydrogen-bond acceptors (Lipinski definition) is 3. The van der Waals surface area contributed by atoms with Crippen molar-refractivity contribution >= 4 is 17.5 Å². The maximum atomic E-state index is 12.6. The van der Waals surface area contributed by atoms with Gasteiger partial charge in [0.2, 0.25) is 0 Å². The molecule has 1 amide bonds. The van der Waals surface area contributed by atoms with Crippen molar-refractivity contribution in [1.29, 1.82) is 0 Å². The maximum Gasteiger partial charge on any atom is 0.255 e. The monoisotopic (exact) mass is 279 g/mol. The summed E-state index contributed by atoms with van der Waals surface area (Å²) in [6, 6.07) is 2.84. The molecule has 2 bridgehead atoms. The highest BCUT2D eigenvalue weighted by Gasteiger charge is 2.36. The minimum absolute atomic E-state index is 0.0355. The molecular formula is C14H18ClN3O. The first-order valence-electron chi connectivity index (χ1n) is 6.77. The van der Waals surface area contributed by atoms with Crippen molar-refractivity contribution in [2.75, 3.05) is 20.1 Å². The van der Waals surface area contributed by atoms with E-state index < -0.39 is 0 Å². The minimum Gasteiger partial charge on any atom is -0.337 e. The molecule has 2 aliphatic rings. The number of nitrogens with zero attached hydrogens (tertiary/aromatic N) is 3. The van der Waals surface area contributed by atoms with E-state index in [1.54, 1.807) is 12.3 Å². The number of pyridine rings is 1. The van der Waals surface area contributed by atoms with E-state index in [1.165, 1.54) is 19.0 Å². The average Bonchev–Trinajstić information content (AvgIpc) is 2.63. The number of fused-ring (bicyclic) bond motifs is 2. The van der Waals surface area contributed by atoms with Gasteiger partial charge in [-0.1, -0.05) is 11.6 Å². The summed E-state index contributed by atoms with van der Waals surface area (Å²) in [5.41, 5.74) is 0.567. The fraction of sp³-hybridized carbons (Fsp3) is 0.571. The van der Waals surface area contributed by atoms with Crippen molar-refractivity contribution in [3.8, 4) is 0 Å². The second-order valence-electron chi connectivity index (χ2n) is 5.45. The molecule has 3 rings (SSSR count). The standard InChI is InChI=1S/C14H18ClN3O/c1-17-10-2-3-11(17)9-18(7-5-10)14(19)12-4-6-16-8-13(12)15/h4,6,8,10-11H,2-3,5,7,9H2,1H3. The third-order valence-electron chi connectivity index (χ3n) is 4.44. The summed E-state index contributed by atoms with van der Waals surface area (Å²) >= 11 is 6.07. The zero-order valence-corrected chi connectivity index (χ0v) is 11.8. The van der Waals surface area contributed by atoms with Gasteiger partial charge in [-0.2, -0.15) is 0 Å². The second kappa shape index (κ2) is 5.10. The fourth-order valence-electron chi connectivity index (χ4n) is 3.21. The molecule has 2 aliphatic heterocycles. The molecule has 0 aromatic carbocycles. The highest BCUT2D eigenvalue weighted by atomic mass is 35.5. The van der Waals surface area contributed by atoms with Crippen LogP contribution < -0.4 is 0 Å². The van der Waals surface area contributed by atoms with Gasteiger partial charge in [-0.05, 0) is 32.4 Å². The zero-order chi connectivity index (χ0) is 13.4. The van der Waals surface area contributed by atoms with Crippen molar-refractivity contribution in [3.63, 3.8) is 0 Å². The molecule has 0 radical (unpaired) electrons. The van der Waals surface area contributed by atoms with E-state index in [-0.39, 0.29) is 5.91 Å². The van der Waals surface area contributed by atoms with E-state index in [4.69, 9.17) is 11.6 Å². The van der Waals surface area contributed by atoms with Crippen LogP contribution in [0.2, 0.25) is 5.02 Å². The van der Waals surface area contributed by atoms with Gasteiger partial charge in [0.1, 0.15) is 0 Å². The summed E-state index contributed by atoms with van der Waals surface area (Å²) in [4.78, 5) is 20.9. The fourth-order valence-corrected chi connectivity index (χ4v) is 3.41. The first-order chi connectivity index (χ1) is 9.16. The summed E-state index contributed by atoms with van der Waals surface area (Å²) in [6.07, 6.45) is 6.66. The topological polar surface area (TPSA) is 36.4 Å². The molecule has 5 heteroatoms. The zero-order valence-electron chi connectivity index (χ0n) is 11.1.